The molecule has 0 bridgehead atoms. The first-order chi connectivity index (χ1) is 8.09. The normalized spacial score (nSPS) is 10.8. The number of rotatable bonds is 3. The lowest BCUT2D eigenvalue weighted by molar-refractivity contribution is 0.0689. The van der Waals surface area contributed by atoms with Gasteiger partial charge in [-0.25, -0.2) is 4.79 Å². The standard InChI is InChI=1S/C12H13N3O2/c1-8(2)15-11(6-10(14-15)12(16)17)9-4-3-5-13-7-9/h3-8H,1-2H3,(H,16,17). The maximum Gasteiger partial charge on any atom is 0.356 e. The molecule has 0 aliphatic heterocycles. The van der Waals surface area contributed by atoms with Gasteiger partial charge in [-0.15, -0.1) is 0 Å². The molecule has 0 unspecified atom stereocenters. The number of pyridine rings is 1. The van der Waals surface area contributed by atoms with Crippen LogP contribution in [0, 0.1) is 0 Å². The van der Waals surface area contributed by atoms with Gasteiger partial charge in [0.05, 0.1) is 5.69 Å². The summed E-state index contributed by atoms with van der Waals surface area (Å²) < 4.78 is 1.69. The van der Waals surface area contributed by atoms with Crippen LogP contribution >= 0.6 is 0 Å². The summed E-state index contributed by atoms with van der Waals surface area (Å²) in [5, 5.41) is 13.0. The molecule has 2 aromatic heterocycles. The van der Waals surface area contributed by atoms with Crippen LogP contribution in [0.4, 0.5) is 0 Å². The van der Waals surface area contributed by atoms with Crippen LogP contribution in [0.15, 0.2) is 30.6 Å². The van der Waals surface area contributed by atoms with Crippen molar-refractivity contribution in [2.75, 3.05) is 0 Å². The number of hydrogen-bond donors (Lipinski definition) is 1. The zero-order valence-corrected chi connectivity index (χ0v) is 9.66. The van der Waals surface area contributed by atoms with Crippen LogP contribution in [0.2, 0.25) is 0 Å². The van der Waals surface area contributed by atoms with E-state index in [1.165, 1.54) is 0 Å². The van der Waals surface area contributed by atoms with Gasteiger partial charge in [0.2, 0.25) is 0 Å². The van der Waals surface area contributed by atoms with Crippen LogP contribution < -0.4 is 0 Å². The lowest BCUT2D eigenvalue weighted by Gasteiger charge is -2.10. The highest BCUT2D eigenvalue weighted by Gasteiger charge is 2.16. The summed E-state index contributed by atoms with van der Waals surface area (Å²) in [6.45, 7) is 3.91. The van der Waals surface area contributed by atoms with Gasteiger partial charge in [-0.3, -0.25) is 9.67 Å². The van der Waals surface area contributed by atoms with Crippen LogP contribution in [0.3, 0.4) is 0 Å². The Balaban J connectivity index is 2.56. The number of hydrogen-bond acceptors (Lipinski definition) is 3. The smallest absolute Gasteiger partial charge is 0.356 e. The number of carboxylic acid groups (broad SMARTS) is 1. The Hall–Kier alpha value is -2.17. The van der Waals surface area contributed by atoms with Crippen molar-refractivity contribution in [3.8, 4) is 11.3 Å². The lowest BCUT2D eigenvalue weighted by Crippen LogP contribution is -2.06. The topological polar surface area (TPSA) is 68.0 Å². The van der Waals surface area contributed by atoms with Crippen molar-refractivity contribution in [1.29, 1.82) is 0 Å². The molecule has 2 rings (SSSR count). The second-order valence-electron chi connectivity index (χ2n) is 4.00. The summed E-state index contributed by atoms with van der Waals surface area (Å²) in [7, 11) is 0. The van der Waals surface area contributed by atoms with Gasteiger partial charge in [0, 0.05) is 24.0 Å². The molecule has 0 aliphatic rings. The molecule has 1 N–H and O–H groups in total. The van der Waals surface area contributed by atoms with E-state index in [0.29, 0.717) is 0 Å². The molecule has 2 heterocycles. The summed E-state index contributed by atoms with van der Waals surface area (Å²) in [5.41, 5.74) is 1.68. The fourth-order valence-corrected chi connectivity index (χ4v) is 1.62. The predicted molar refractivity (Wildman–Crippen MR) is 62.8 cm³/mol. The first kappa shape index (κ1) is 11.3. The highest BCUT2D eigenvalue weighted by Crippen LogP contribution is 2.22. The van der Waals surface area contributed by atoms with Gasteiger partial charge < -0.3 is 5.11 Å². The highest BCUT2D eigenvalue weighted by molar-refractivity contribution is 5.86. The summed E-state index contributed by atoms with van der Waals surface area (Å²) in [4.78, 5) is 15.0. The molecular formula is C12H13N3O2. The first-order valence-corrected chi connectivity index (χ1v) is 5.33. The van der Waals surface area contributed by atoms with Gasteiger partial charge in [-0.2, -0.15) is 5.10 Å². The molecule has 0 fully saturated rings. The fourth-order valence-electron chi connectivity index (χ4n) is 1.62. The SMILES string of the molecule is CC(C)n1nc(C(=O)O)cc1-c1cccnc1. The Morgan fingerprint density at radius 1 is 1.47 bits per heavy atom. The Morgan fingerprint density at radius 3 is 2.76 bits per heavy atom. The van der Waals surface area contributed by atoms with Crippen molar-refractivity contribution >= 4 is 5.97 Å². The second kappa shape index (κ2) is 4.37. The van der Waals surface area contributed by atoms with E-state index in [-0.39, 0.29) is 11.7 Å². The Bertz CT molecular complexity index is 532. The average Bonchev–Trinajstić information content (AvgIpc) is 2.75. The van der Waals surface area contributed by atoms with Crippen LogP contribution in [0.1, 0.15) is 30.4 Å². The first-order valence-electron chi connectivity index (χ1n) is 5.33. The van der Waals surface area contributed by atoms with Crippen LogP contribution in [-0.2, 0) is 0 Å². The third kappa shape index (κ3) is 2.18. The van der Waals surface area contributed by atoms with Gasteiger partial charge in [0.15, 0.2) is 5.69 Å². The zero-order chi connectivity index (χ0) is 12.4. The molecule has 0 atom stereocenters. The molecule has 0 spiro atoms. The monoisotopic (exact) mass is 231 g/mol. The summed E-state index contributed by atoms with van der Waals surface area (Å²) in [5.74, 6) is -1.02. The highest BCUT2D eigenvalue weighted by atomic mass is 16.4. The van der Waals surface area contributed by atoms with Gasteiger partial charge >= 0.3 is 5.97 Å². The number of nitrogens with zero attached hydrogens (tertiary/aromatic N) is 3. The maximum atomic E-state index is 10.9. The van der Waals surface area contributed by atoms with E-state index in [1.54, 1.807) is 23.1 Å². The lowest BCUT2D eigenvalue weighted by atomic mass is 10.2. The molecule has 5 heteroatoms. The van der Waals surface area contributed by atoms with Crippen LogP contribution in [0.25, 0.3) is 11.3 Å². The van der Waals surface area contributed by atoms with E-state index in [1.807, 2.05) is 26.0 Å². The summed E-state index contributed by atoms with van der Waals surface area (Å²) in [6.07, 6.45) is 3.37. The Labute approximate surface area is 98.7 Å². The zero-order valence-electron chi connectivity index (χ0n) is 9.66. The fraction of sp³-hybridized carbons (Fsp3) is 0.250. The van der Waals surface area contributed by atoms with Crippen molar-refractivity contribution in [2.24, 2.45) is 0 Å². The number of carboxylic acids is 1. The van der Waals surface area contributed by atoms with Gasteiger partial charge in [0.1, 0.15) is 0 Å². The van der Waals surface area contributed by atoms with E-state index in [9.17, 15) is 4.79 Å². The van der Waals surface area contributed by atoms with E-state index < -0.39 is 5.97 Å². The average molecular weight is 231 g/mol. The molecule has 0 radical (unpaired) electrons. The molecule has 5 nitrogen and oxygen atoms in total. The molecule has 0 saturated carbocycles. The van der Waals surface area contributed by atoms with Crippen molar-refractivity contribution in [2.45, 2.75) is 19.9 Å². The van der Waals surface area contributed by atoms with Gasteiger partial charge in [-0.05, 0) is 32.0 Å². The van der Waals surface area contributed by atoms with Crippen molar-refractivity contribution in [3.63, 3.8) is 0 Å². The summed E-state index contributed by atoms with van der Waals surface area (Å²) in [6, 6.07) is 5.36. The molecule has 0 aromatic carbocycles. The Morgan fingerprint density at radius 2 is 2.24 bits per heavy atom. The molecule has 2 aromatic rings. The Kier molecular flexibility index (Phi) is 2.91. The predicted octanol–water partition coefficient (Wildman–Crippen LogP) is 2.22. The van der Waals surface area contributed by atoms with Gasteiger partial charge in [0.25, 0.3) is 0 Å². The molecule has 88 valence electrons. The van der Waals surface area contributed by atoms with Crippen LogP contribution in [0.5, 0.6) is 0 Å². The molecule has 0 saturated heterocycles. The van der Waals surface area contributed by atoms with Crippen molar-refractivity contribution in [3.05, 3.63) is 36.3 Å². The maximum absolute atomic E-state index is 10.9. The van der Waals surface area contributed by atoms with E-state index in [2.05, 4.69) is 10.1 Å². The van der Waals surface area contributed by atoms with E-state index >= 15 is 0 Å². The van der Waals surface area contributed by atoms with Crippen LogP contribution in [-0.4, -0.2) is 25.8 Å². The van der Waals surface area contributed by atoms with E-state index in [0.717, 1.165) is 11.3 Å². The van der Waals surface area contributed by atoms with Crippen molar-refractivity contribution in [1.82, 2.24) is 14.8 Å². The number of aromatic nitrogens is 3. The van der Waals surface area contributed by atoms with E-state index in [4.69, 9.17) is 5.11 Å². The minimum atomic E-state index is -1.02. The molecule has 17 heavy (non-hydrogen) atoms. The number of aromatic carboxylic acids is 1. The second-order valence-corrected chi connectivity index (χ2v) is 4.00. The largest absolute Gasteiger partial charge is 0.476 e. The third-order valence-electron chi connectivity index (χ3n) is 2.40. The number of carbonyl (C=O) groups is 1. The minimum Gasteiger partial charge on any atom is -0.476 e. The van der Waals surface area contributed by atoms with Gasteiger partial charge in [-0.1, -0.05) is 0 Å². The molecular weight excluding hydrogens is 218 g/mol. The minimum absolute atomic E-state index is 0.0533. The third-order valence-corrected chi connectivity index (χ3v) is 2.40. The van der Waals surface area contributed by atoms with Crippen molar-refractivity contribution < 1.29 is 9.90 Å². The molecule has 0 amide bonds. The quantitative estimate of drug-likeness (QED) is 0.879. The molecule has 0 aliphatic carbocycles. The summed E-state index contributed by atoms with van der Waals surface area (Å²) >= 11 is 0.